The second-order valence-corrected chi connectivity index (χ2v) is 8.55. The smallest absolute Gasteiger partial charge is 0.248 e. The normalized spacial score (nSPS) is 18.5. The number of amides is 1. The first-order valence-electron chi connectivity index (χ1n) is 11.0. The van der Waals surface area contributed by atoms with Crippen molar-refractivity contribution in [3.63, 3.8) is 0 Å². The third-order valence-corrected chi connectivity index (χ3v) is 5.98. The van der Waals surface area contributed by atoms with Crippen LogP contribution in [0.15, 0.2) is 67.0 Å². The molecule has 0 radical (unpaired) electrons. The molecule has 0 unspecified atom stereocenters. The number of aromatic nitrogens is 2. The number of hydrogen-bond donors (Lipinski definition) is 0. The first kappa shape index (κ1) is 22.0. The van der Waals surface area contributed by atoms with Gasteiger partial charge in [0.25, 0.3) is 0 Å². The second-order valence-electron chi connectivity index (χ2n) is 8.55. The molecule has 1 fully saturated rings. The molecule has 1 saturated heterocycles. The van der Waals surface area contributed by atoms with Crippen molar-refractivity contribution < 1.29 is 9.53 Å². The van der Waals surface area contributed by atoms with Gasteiger partial charge in [0, 0.05) is 44.3 Å². The van der Waals surface area contributed by atoms with E-state index in [1.807, 2.05) is 69.7 Å². The van der Waals surface area contributed by atoms with Crippen molar-refractivity contribution in [2.45, 2.75) is 38.5 Å². The van der Waals surface area contributed by atoms with Gasteiger partial charge in [-0.05, 0) is 62.2 Å². The molecule has 1 aliphatic heterocycles. The number of likely N-dealkylation sites (tertiary alicyclic amines) is 1. The zero-order valence-corrected chi connectivity index (χ0v) is 19.0. The molecule has 1 aliphatic rings. The van der Waals surface area contributed by atoms with E-state index in [1.54, 1.807) is 11.1 Å². The Labute approximate surface area is 189 Å². The maximum absolute atomic E-state index is 13.5. The van der Waals surface area contributed by atoms with Gasteiger partial charge in [-0.2, -0.15) is 0 Å². The Morgan fingerprint density at radius 3 is 2.69 bits per heavy atom. The van der Waals surface area contributed by atoms with Gasteiger partial charge in [-0.1, -0.05) is 24.3 Å². The lowest BCUT2D eigenvalue weighted by Crippen LogP contribution is -2.52. The third kappa shape index (κ3) is 4.50. The number of likely N-dealkylation sites (N-methyl/N-ethyl adjacent to an activating group) is 1. The van der Waals surface area contributed by atoms with E-state index in [4.69, 9.17) is 9.72 Å². The summed E-state index contributed by atoms with van der Waals surface area (Å²) in [6.45, 7) is 3.94. The molecule has 0 saturated carbocycles. The number of carbonyl (C=O) groups excluding carboxylic acids is 1. The number of benzene rings is 1. The summed E-state index contributed by atoms with van der Waals surface area (Å²) >= 11 is 0. The zero-order valence-electron chi connectivity index (χ0n) is 19.0. The summed E-state index contributed by atoms with van der Waals surface area (Å²) in [6.07, 6.45) is 5.28. The van der Waals surface area contributed by atoms with Gasteiger partial charge >= 0.3 is 0 Å². The van der Waals surface area contributed by atoms with Gasteiger partial charge in [0.1, 0.15) is 17.9 Å². The zero-order chi connectivity index (χ0) is 22.6. The fourth-order valence-electron chi connectivity index (χ4n) is 4.48. The van der Waals surface area contributed by atoms with E-state index in [1.165, 1.54) is 0 Å². The summed E-state index contributed by atoms with van der Waals surface area (Å²) in [5, 5.41) is 0. The summed E-state index contributed by atoms with van der Waals surface area (Å²) in [6, 6.07) is 18.0. The lowest BCUT2D eigenvalue weighted by molar-refractivity contribution is -0.141. The molecule has 0 spiro atoms. The van der Waals surface area contributed by atoms with E-state index >= 15 is 0 Å². The van der Waals surface area contributed by atoms with Gasteiger partial charge in [-0.25, -0.2) is 0 Å². The van der Waals surface area contributed by atoms with Crippen molar-refractivity contribution in [1.29, 1.82) is 0 Å². The van der Waals surface area contributed by atoms with Crippen LogP contribution in [0.3, 0.4) is 0 Å². The van der Waals surface area contributed by atoms with Crippen LogP contribution in [0.5, 0.6) is 5.75 Å². The molecule has 0 aliphatic carbocycles. The van der Waals surface area contributed by atoms with Crippen molar-refractivity contribution in [1.82, 2.24) is 19.8 Å². The van der Waals surface area contributed by atoms with Gasteiger partial charge < -0.3 is 9.64 Å². The van der Waals surface area contributed by atoms with Gasteiger partial charge in [-0.3, -0.25) is 19.7 Å². The molecule has 166 valence electrons. The Kier molecular flexibility index (Phi) is 6.51. The van der Waals surface area contributed by atoms with Gasteiger partial charge in [0.05, 0.1) is 5.69 Å². The summed E-state index contributed by atoms with van der Waals surface area (Å²) in [7, 11) is 3.65. The van der Waals surface area contributed by atoms with Gasteiger partial charge in [0.2, 0.25) is 5.91 Å². The molecular formula is C26H30N4O2. The lowest BCUT2D eigenvalue weighted by atomic mass is 9.89. The maximum atomic E-state index is 13.5. The van der Waals surface area contributed by atoms with Crippen LogP contribution in [-0.4, -0.2) is 46.3 Å². The standard InChI is InChI=1S/C26H30N4O2/c1-20-8-4-12-24(28-20)26(25(31)29(2)3)13-7-15-30(26)18-21-9-5-11-23(16-21)32-19-22-10-6-14-27-17-22/h4-6,8-12,14,16-17H,7,13,15,18-19H2,1-3H3/t26-/m1/s1. The van der Waals surface area contributed by atoms with E-state index in [0.29, 0.717) is 13.2 Å². The van der Waals surface area contributed by atoms with E-state index in [9.17, 15) is 4.79 Å². The van der Waals surface area contributed by atoms with Crippen LogP contribution >= 0.6 is 0 Å². The SMILES string of the molecule is Cc1cccc([C@@]2(C(=O)N(C)C)CCCN2Cc2cccc(OCc3cccnc3)c2)n1. The highest BCUT2D eigenvalue weighted by Crippen LogP contribution is 2.40. The number of ether oxygens (including phenoxy) is 1. The number of pyridine rings is 2. The van der Waals surface area contributed by atoms with Crippen molar-refractivity contribution in [3.05, 3.63) is 89.5 Å². The minimum absolute atomic E-state index is 0.0806. The molecule has 32 heavy (non-hydrogen) atoms. The molecule has 6 heteroatoms. The largest absolute Gasteiger partial charge is 0.489 e. The Morgan fingerprint density at radius 1 is 1.12 bits per heavy atom. The quantitative estimate of drug-likeness (QED) is 0.568. The maximum Gasteiger partial charge on any atom is 0.248 e. The van der Waals surface area contributed by atoms with Crippen LogP contribution in [0.4, 0.5) is 0 Å². The first-order valence-corrected chi connectivity index (χ1v) is 11.0. The number of carbonyl (C=O) groups is 1. The molecule has 3 heterocycles. The topological polar surface area (TPSA) is 58.6 Å². The van der Waals surface area contributed by atoms with Crippen molar-refractivity contribution in [2.75, 3.05) is 20.6 Å². The highest BCUT2D eigenvalue weighted by molar-refractivity contribution is 5.87. The minimum atomic E-state index is -0.748. The molecule has 6 nitrogen and oxygen atoms in total. The molecule has 1 atom stereocenters. The summed E-state index contributed by atoms with van der Waals surface area (Å²) in [5.41, 5.74) is 3.14. The van der Waals surface area contributed by atoms with Gasteiger partial charge in [-0.15, -0.1) is 0 Å². The summed E-state index contributed by atoms with van der Waals surface area (Å²) < 4.78 is 5.99. The highest BCUT2D eigenvalue weighted by Gasteiger charge is 2.50. The Hall–Kier alpha value is -3.25. The van der Waals surface area contributed by atoms with E-state index in [0.717, 1.165) is 47.7 Å². The van der Waals surface area contributed by atoms with Gasteiger partial charge in [0.15, 0.2) is 0 Å². The number of aryl methyl sites for hydroxylation is 1. The number of rotatable bonds is 7. The number of nitrogens with zero attached hydrogens (tertiary/aromatic N) is 4. The van der Waals surface area contributed by atoms with Crippen molar-refractivity contribution >= 4 is 5.91 Å². The van der Waals surface area contributed by atoms with Crippen LogP contribution in [0.2, 0.25) is 0 Å². The predicted molar refractivity (Wildman–Crippen MR) is 124 cm³/mol. The van der Waals surface area contributed by atoms with Crippen LogP contribution < -0.4 is 4.74 Å². The number of hydrogen-bond acceptors (Lipinski definition) is 5. The fourth-order valence-corrected chi connectivity index (χ4v) is 4.48. The van der Waals surface area contributed by atoms with Crippen LogP contribution in [0.25, 0.3) is 0 Å². The van der Waals surface area contributed by atoms with Crippen LogP contribution in [0, 0.1) is 6.92 Å². The molecule has 1 amide bonds. The monoisotopic (exact) mass is 430 g/mol. The Bertz CT molecular complexity index is 1070. The third-order valence-electron chi connectivity index (χ3n) is 5.98. The minimum Gasteiger partial charge on any atom is -0.489 e. The average molecular weight is 431 g/mol. The summed E-state index contributed by atoms with van der Waals surface area (Å²) in [4.78, 5) is 26.4. The summed E-state index contributed by atoms with van der Waals surface area (Å²) in [5.74, 6) is 0.890. The molecule has 0 N–H and O–H groups in total. The van der Waals surface area contributed by atoms with Crippen molar-refractivity contribution in [3.8, 4) is 5.75 Å². The van der Waals surface area contributed by atoms with E-state index in [2.05, 4.69) is 22.0 Å². The van der Waals surface area contributed by atoms with Crippen LogP contribution in [-0.2, 0) is 23.5 Å². The highest BCUT2D eigenvalue weighted by atomic mass is 16.5. The lowest BCUT2D eigenvalue weighted by Gasteiger charge is -2.38. The molecular weight excluding hydrogens is 400 g/mol. The first-order chi connectivity index (χ1) is 15.5. The van der Waals surface area contributed by atoms with Crippen LogP contribution in [0.1, 0.15) is 35.4 Å². The second kappa shape index (κ2) is 9.49. The fraction of sp³-hybridized carbons (Fsp3) is 0.346. The predicted octanol–water partition coefficient (Wildman–Crippen LogP) is 3.94. The molecule has 3 aromatic rings. The molecule has 0 bridgehead atoms. The van der Waals surface area contributed by atoms with Crippen molar-refractivity contribution in [2.24, 2.45) is 0 Å². The Balaban J connectivity index is 1.59. The Morgan fingerprint density at radius 2 is 1.94 bits per heavy atom. The van der Waals surface area contributed by atoms with E-state index < -0.39 is 5.54 Å². The van der Waals surface area contributed by atoms with E-state index in [-0.39, 0.29) is 5.91 Å². The molecule has 1 aromatic carbocycles. The molecule has 4 rings (SSSR count). The average Bonchev–Trinajstić information content (AvgIpc) is 3.22. The molecule has 2 aromatic heterocycles.